The molecule has 1 atom stereocenters. The Morgan fingerprint density at radius 1 is 1.35 bits per heavy atom. The molecule has 4 N–H and O–H groups in total. The van der Waals surface area contributed by atoms with Gasteiger partial charge in [-0.2, -0.15) is 0 Å². The Morgan fingerprint density at radius 2 is 2.00 bits per heavy atom. The van der Waals surface area contributed by atoms with Crippen LogP contribution in [-0.2, 0) is 4.79 Å². The summed E-state index contributed by atoms with van der Waals surface area (Å²) in [6.45, 7) is 6.04. The number of nitrogens with one attached hydrogen (secondary N) is 1. The molecule has 0 aromatic heterocycles. The summed E-state index contributed by atoms with van der Waals surface area (Å²) in [6, 6.07) is 6.59. The topological polar surface area (TPSA) is 92.4 Å². The van der Waals surface area contributed by atoms with Gasteiger partial charge in [0.15, 0.2) is 0 Å². The fourth-order valence-electron chi connectivity index (χ4n) is 1.98. The molecule has 0 saturated heterocycles. The molecule has 1 aromatic rings. The molecule has 1 unspecified atom stereocenters. The van der Waals surface area contributed by atoms with Gasteiger partial charge < -0.3 is 16.2 Å². The maximum Gasteiger partial charge on any atom is 0.308 e. The number of hydrogen-bond acceptors (Lipinski definition) is 3. The molecule has 0 fully saturated rings. The van der Waals surface area contributed by atoms with Gasteiger partial charge in [-0.15, -0.1) is 0 Å². The molecule has 0 saturated carbocycles. The summed E-state index contributed by atoms with van der Waals surface area (Å²) in [5.74, 6) is -1.80. The molecular weight excluding hydrogens is 256 g/mol. The second-order valence-corrected chi connectivity index (χ2v) is 6.14. The molecule has 1 amide bonds. The minimum absolute atomic E-state index is 0.106. The Labute approximate surface area is 119 Å². The highest BCUT2D eigenvalue weighted by molar-refractivity contribution is 5.95. The van der Waals surface area contributed by atoms with Gasteiger partial charge in [0.1, 0.15) is 0 Å². The highest BCUT2D eigenvalue weighted by Gasteiger charge is 2.25. The fourth-order valence-corrected chi connectivity index (χ4v) is 1.98. The van der Waals surface area contributed by atoms with Gasteiger partial charge in [0.05, 0.1) is 5.92 Å². The van der Waals surface area contributed by atoms with Crippen LogP contribution in [-0.4, -0.2) is 23.5 Å². The van der Waals surface area contributed by atoms with Gasteiger partial charge in [-0.3, -0.25) is 9.59 Å². The number of nitrogens with two attached hydrogens (primary N) is 1. The second kappa shape index (κ2) is 6.41. The maximum absolute atomic E-state index is 11.9. The Kier molecular flexibility index (Phi) is 5.13. The largest absolute Gasteiger partial charge is 0.481 e. The summed E-state index contributed by atoms with van der Waals surface area (Å²) in [5, 5.41) is 11.8. The van der Waals surface area contributed by atoms with E-state index in [4.69, 9.17) is 5.73 Å². The minimum atomic E-state index is -0.896. The zero-order valence-electron chi connectivity index (χ0n) is 12.1. The number of nitrogen functional groups attached to an aromatic ring is 1. The molecule has 20 heavy (non-hydrogen) atoms. The Bertz CT molecular complexity index is 492. The van der Waals surface area contributed by atoms with Gasteiger partial charge >= 0.3 is 5.97 Å². The third-order valence-corrected chi connectivity index (χ3v) is 2.87. The minimum Gasteiger partial charge on any atom is -0.481 e. The van der Waals surface area contributed by atoms with Crippen molar-refractivity contribution < 1.29 is 14.7 Å². The number of carbonyl (C=O) groups is 2. The SMILES string of the molecule is CC(C)(C)CC(CNC(=O)c1cccc(N)c1)C(=O)O. The first kappa shape index (κ1) is 16.0. The summed E-state index contributed by atoms with van der Waals surface area (Å²) >= 11 is 0. The van der Waals surface area contributed by atoms with E-state index in [2.05, 4.69) is 5.32 Å². The molecule has 110 valence electrons. The molecule has 0 spiro atoms. The van der Waals surface area contributed by atoms with E-state index in [1.165, 1.54) is 0 Å². The van der Waals surface area contributed by atoms with Crippen molar-refractivity contribution in [1.82, 2.24) is 5.32 Å². The lowest BCUT2D eigenvalue weighted by Gasteiger charge is -2.23. The maximum atomic E-state index is 11.9. The van der Waals surface area contributed by atoms with Crippen molar-refractivity contribution in [2.45, 2.75) is 27.2 Å². The Balaban J connectivity index is 2.64. The number of carboxylic acids is 1. The predicted octanol–water partition coefficient (Wildman–Crippen LogP) is 2.14. The zero-order chi connectivity index (χ0) is 15.3. The van der Waals surface area contributed by atoms with E-state index < -0.39 is 11.9 Å². The van der Waals surface area contributed by atoms with E-state index in [0.717, 1.165) is 0 Å². The van der Waals surface area contributed by atoms with Crippen LogP contribution in [0, 0.1) is 11.3 Å². The van der Waals surface area contributed by atoms with Gasteiger partial charge in [0.25, 0.3) is 5.91 Å². The quantitative estimate of drug-likeness (QED) is 0.719. The molecule has 0 bridgehead atoms. The number of hydrogen-bond donors (Lipinski definition) is 3. The zero-order valence-corrected chi connectivity index (χ0v) is 12.1. The lowest BCUT2D eigenvalue weighted by Crippen LogP contribution is -2.35. The number of amides is 1. The number of anilines is 1. The second-order valence-electron chi connectivity index (χ2n) is 6.14. The summed E-state index contributed by atoms with van der Waals surface area (Å²) in [5.41, 5.74) is 6.44. The van der Waals surface area contributed by atoms with E-state index in [0.29, 0.717) is 17.7 Å². The molecule has 0 aliphatic rings. The van der Waals surface area contributed by atoms with Crippen LogP contribution in [0.5, 0.6) is 0 Å². The van der Waals surface area contributed by atoms with Crippen LogP contribution in [0.4, 0.5) is 5.69 Å². The van der Waals surface area contributed by atoms with Crippen molar-refractivity contribution in [3.8, 4) is 0 Å². The summed E-state index contributed by atoms with van der Waals surface area (Å²) in [6.07, 6.45) is 0.500. The molecule has 0 heterocycles. The molecule has 1 aromatic carbocycles. The van der Waals surface area contributed by atoms with E-state index in [9.17, 15) is 14.7 Å². The van der Waals surface area contributed by atoms with Crippen LogP contribution in [0.2, 0.25) is 0 Å². The van der Waals surface area contributed by atoms with Crippen LogP contribution >= 0.6 is 0 Å². The van der Waals surface area contributed by atoms with Crippen LogP contribution in [0.15, 0.2) is 24.3 Å². The van der Waals surface area contributed by atoms with E-state index in [-0.39, 0.29) is 17.9 Å². The average Bonchev–Trinajstić information content (AvgIpc) is 2.32. The smallest absolute Gasteiger partial charge is 0.308 e. The van der Waals surface area contributed by atoms with Crippen molar-refractivity contribution in [2.24, 2.45) is 11.3 Å². The monoisotopic (exact) mass is 278 g/mol. The average molecular weight is 278 g/mol. The summed E-state index contributed by atoms with van der Waals surface area (Å²) in [4.78, 5) is 23.1. The standard InChI is InChI=1S/C15H22N2O3/c1-15(2,3)8-11(14(19)20)9-17-13(18)10-5-4-6-12(16)7-10/h4-7,11H,8-9,16H2,1-3H3,(H,17,18)(H,19,20). The molecule has 1 rings (SSSR count). The Hall–Kier alpha value is -2.04. The highest BCUT2D eigenvalue weighted by Crippen LogP contribution is 2.24. The third kappa shape index (κ3) is 5.30. The van der Waals surface area contributed by atoms with Gasteiger partial charge in [-0.25, -0.2) is 0 Å². The third-order valence-electron chi connectivity index (χ3n) is 2.87. The highest BCUT2D eigenvalue weighted by atomic mass is 16.4. The molecule has 5 nitrogen and oxygen atoms in total. The van der Waals surface area contributed by atoms with E-state index >= 15 is 0 Å². The first-order valence-corrected chi connectivity index (χ1v) is 6.55. The first-order chi connectivity index (χ1) is 9.19. The Morgan fingerprint density at radius 3 is 2.50 bits per heavy atom. The van der Waals surface area contributed by atoms with Crippen molar-refractivity contribution in [3.63, 3.8) is 0 Å². The normalized spacial score (nSPS) is 12.8. The van der Waals surface area contributed by atoms with Crippen molar-refractivity contribution in [2.75, 3.05) is 12.3 Å². The number of benzene rings is 1. The summed E-state index contributed by atoms with van der Waals surface area (Å²) in [7, 11) is 0. The molecule has 0 radical (unpaired) electrons. The van der Waals surface area contributed by atoms with E-state index in [1.54, 1.807) is 24.3 Å². The number of carbonyl (C=O) groups excluding carboxylic acids is 1. The summed E-state index contributed by atoms with van der Waals surface area (Å²) < 4.78 is 0. The molecule has 5 heteroatoms. The van der Waals surface area contributed by atoms with Crippen LogP contribution in [0.3, 0.4) is 0 Å². The predicted molar refractivity (Wildman–Crippen MR) is 78.4 cm³/mol. The van der Waals surface area contributed by atoms with Crippen molar-refractivity contribution in [1.29, 1.82) is 0 Å². The number of aliphatic carboxylic acids is 1. The number of rotatable bonds is 5. The van der Waals surface area contributed by atoms with Gasteiger partial charge in [-0.05, 0) is 30.0 Å². The van der Waals surface area contributed by atoms with Crippen LogP contribution in [0.1, 0.15) is 37.6 Å². The van der Waals surface area contributed by atoms with Gasteiger partial charge in [0, 0.05) is 17.8 Å². The van der Waals surface area contributed by atoms with Gasteiger partial charge in [-0.1, -0.05) is 26.8 Å². The molecular formula is C15H22N2O3. The lowest BCUT2D eigenvalue weighted by atomic mass is 9.84. The first-order valence-electron chi connectivity index (χ1n) is 6.55. The fraction of sp³-hybridized carbons (Fsp3) is 0.467. The molecule has 0 aliphatic carbocycles. The van der Waals surface area contributed by atoms with Crippen LogP contribution in [0.25, 0.3) is 0 Å². The van der Waals surface area contributed by atoms with Crippen LogP contribution < -0.4 is 11.1 Å². The van der Waals surface area contributed by atoms with Gasteiger partial charge in [0.2, 0.25) is 0 Å². The molecule has 0 aliphatic heterocycles. The van der Waals surface area contributed by atoms with Crippen molar-refractivity contribution in [3.05, 3.63) is 29.8 Å². The van der Waals surface area contributed by atoms with Crippen molar-refractivity contribution >= 4 is 17.6 Å². The van der Waals surface area contributed by atoms with E-state index in [1.807, 2.05) is 20.8 Å². The number of carboxylic acid groups (broad SMARTS) is 1. The lowest BCUT2D eigenvalue weighted by molar-refractivity contribution is -0.142.